The Balaban J connectivity index is 1.83. The van der Waals surface area contributed by atoms with Crippen LogP contribution in [0.2, 0.25) is 0 Å². The van der Waals surface area contributed by atoms with E-state index in [1.165, 1.54) is 13.2 Å². The minimum atomic E-state index is -0.415. The fourth-order valence-electron chi connectivity index (χ4n) is 3.40. The highest BCUT2D eigenvalue weighted by molar-refractivity contribution is 5.92. The third-order valence-corrected chi connectivity index (χ3v) is 4.85. The van der Waals surface area contributed by atoms with Gasteiger partial charge in [-0.3, -0.25) is 4.98 Å². The minimum absolute atomic E-state index is 0.345. The van der Waals surface area contributed by atoms with Gasteiger partial charge >= 0.3 is 0 Å². The van der Waals surface area contributed by atoms with Crippen molar-refractivity contribution in [1.29, 1.82) is 0 Å². The molecule has 0 aliphatic rings. The van der Waals surface area contributed by atoms with Crippen molar-refractivity contribution >= 4 is 16.7 Å². The van der Waals surface area contributed by atoms with Crippen LogP contribution < -0.4 is 9.64 Å². The second kappa shape index (κ2) is 7.46. The number of benzene rings is 1. The predicted octanol–water partition coefficient (Wildman–Crippen LogP) is 3.61. The summed E-state index contributed by atoms with van der Waals surface area (Å²) in [5.41, 5.74) is 3.46. The lowest BCUT2D eigenvalue weighted by Crippen LogP contribution is -2.19. The van der Waals surface area contributed by atoms with Crippen LogP contribution >= 0.6 is 0 Å². The maximum absolute atomic E-state index is 14.7. The monoisotopic (exact) mass is 392 g/mol. The number of ether oxygens (including phenoxy) is 1. The van der Waals surface area contributed by atoms with E-state index in [4.69, 9.17) is 9.84 Å². The lowest BCUT2D eigenvalue weighted by molar-refractivity contribution is 0.411. The molecule has 148 valence electrons. The fraction of sp³-hybridized carbons (Fsp3) is 0.238. The average Bonchev–Trinajstić information content (AvgIpc) is 3.06. The van der Waals surface area contributed by atoms with Crippen molar-refractivity contribution < 1.29 is 9.13 Å². The van der Waals surface area contributed by atoms with Gasteiger partial charge in [-0.05, 0) is 38.1 Å². The number of anilines is 1. The number of fused-ring (bicyclic) bond motifs is 1. The van der Waals surface area contributed by atoms with Crippen molar-refractivity contribution in [2.45, 2.75) is 20.4 Å². The van der Waals surface area contributed by atoms with Gasteiger partial charge in [-0.15, -0.1) is 5.10 Å². The van der Waals surface area contributed by atoms with Gasteiger partial charge in [-0.1, -0.05) is 6.07 Å². The molecule has 0 radical (unpaired) electrons. The van der Waals surface area contributed by atoms with Crippen molar-refractivity contribution in [2.24, 2.45) is 0 Å². The summed E-state index contributed by atoms with van der Waals surface area (Å²) in [6.07, 6.45) is 1.75. The van der Waals surface area contributed by atoms with Gasteiger partial charge in [-0.2, -0.15) is 10.2 Å². The van der Waals surface area contributed by atoms with Crippen LogP contribution in [0.15, 0.2) is 42.6 Å². The summed E-state index contributed by atoms with van der Waals surface area (Å²) in [5.74, 6) is 0.658. The first-order valence-corrected chi connectivity index (χ1v) is 9.17. The molecule has 0 aliphatic carbocycles. The standard InChI is InChI=1S/C21H21FN6O/c1-13-19-14(2)28(18-9-8-16(29-4)11-17(18)22)26-20(19)21(25-24-13)27(3)12-15-7-5-6-10-23-15/h5-11H,12H2,1-4H3. The molecule has 3 aromatic heterocycles. The number of aryl methyl sites for hydroxylation is 2. The topological polar surface area (TPSA) is 69.0 Å². The van der Waals surface area contributed by atoms with Crippen molar-refractivity contribution in [3.8, 4) is 11.4 Å². The van der Waals surface area contributed by atoms with E-state index in [1.54, 1.807) is 23.0 Å². The molecule has 0 unspecified atom stereocenters. The first-order valence-electron chi connectivity index (χ1n) is 9.17. The lowest BCUT2D eigenvalue weighted by atomic mass is 10.2. The Morgan fingerprint density at radius 3 is 2.66 bits per heavy atom. The van der Waals surface area contributed by atoms with Gasteiger partial charge in [0.1, 0.15) is 17.0 Å². The Bertz CT molecular complexity index is 1170. The van der Waals surface area contributed by atoms with Gasteiger partial charge in [0.25, 0.3) is 0 Å². The molecule has 0 amide bonds. The van der Waals surface area contributed by atoms with Crippen LogP contribution in [0.4, 0.5) is 10.2 Å². The molecule has 0 atom stereocenters. The summed E-state index contributed by atoms with van der Waals surface area (Å²) in [6, 6.07) is 10.5. The van der Waals surface area contributed by atoms with Crippen molar-refractivity contribution in [3.05, 3.63) is 65.5 Å². The Kier molecular flexibility index (Phi) is 4.84. The highest BCUT2D eigenvalue weighted by Gasteiger charge is 2.20. The van der Waals surface area contributed by atoms with Crippen LogP contribution in [-0.2, 0) is 6.54 Å². The molecule has 0 bridgehead atoms. The molecule has 29 heavy (non-hydrogen) atoms. The largest absolute Gasteiger partial charge is 0.497 e. The molecule has 3 heterocycles. The third-order valence-electron chi connectivity index (χ3n) is 4.85. The number of halogens is 1. The third kappa shape index (κ3) is 3.37. The first-order chi connectivity index (χ1) is 14.0. The van der Waals surface area contributed by atoms with Gasteiger partial charge in [0.05, 0.1) is 36.1 Å². The molecule has 0 saturated heterocycles. The van der Waals surface area contributed by atoms with E-state index in [-0.39, 0.29) is 0 Å². The lowest BCUT2D eigenvalue weighted by Gasteiger charge is -2.17. The second-order valence-corrected chi connectivity index (χ2v) is 6.82. The summed E-state index contributed by atoms with van der Waals surface area (Å²) in [4.78, 5) is 6.31. The van der Waals surface area contributed by atoms with Crippen LogP contribution in [-0.4, -0.2) is 39.1 Å². The molecule has 1 aromatic carbocycles. The zero-order chi connectivity index (χ0) is 20.5. The summed E-state index contributed by atoms with van der Waals surface area (Å²) >= 11 is 0. The molecule has 0 saturated carbocycles. The fourth-order valence-corrected chi connectivity index (χ4v) is 3.40. The molecule has 4 aromatic rings. The van der Waals surface area contributed by atoms with E-state index < -0.39 is 5.82 Å². The van der Waals surface area contributed by atoms with Crippen LogP contribution in [0.25, 0.3) is 16.6 Å². The predicted molar refractivity (Wildman–Crippen MR) is 109 cm³/mol. The van der Waals surface area contributed by atoms with Gasteiger partial charge in [0.2, 0.25) is 0 Å². The zero-order valence-corrected chi connectivity index (χ0v) is 16.7. The second-order valence-electron chi connectivity index (χ2n) is 6.82. The number of nitrogens with zero attached hydrogens (tertiary/aromatic N) is 6. The molecule has 0 fully saturated rings. The maximum atomic E-state index is 14.7. The highest BCUT2D eigenvalue weighted by atomic mass is 19.1. The number of aromatic nitrogens is 5. The molecular formula is C21H21FN6O. The normalized spacial score (nSPS) is 11.1. The van der Waals surface area contributed by atoms with E-state index in [1.807, 2.05) is 44.0 Å². The molecule has 0 N–H and O–H groups in total. The number of pyridine rings is 1. The van der Waals surface area contributed by atoms with E-state index in [2.05, 4.69) is 15.2 Å². The van der Waals surface area contributed by atoms with Gasteiger partial charge < -0.3 is 9.64 Å². The quantitative estimate of drug-likeness (QED) is 0.517. The summed E-state index contributed by atoms with van der Waals surface area (Å²) < 4.78 is 21.4. The van der Waals surface area contributed by atoms with Gasteiger partial charge in [-0.25, -0.2) is 9.07 Å². The Morgan fingerprint density at radius 2 is 1.97 bits per heavy atom. The number of rotatable bonds is 5. The van der Waals surface area contributed by atoms with Crippen LogP contribution in [0, 0.1) is 19.7 Å². The molecule has 4 rings (SSSR count). The van der Waals surface area contributed by atoms with E-state index in [9.17, 15) is 4.39 Å². The molecule has 7 nitrogen and oxygen atoms in total. The Labute approximate surface area is 167 Å². The molecular weight excluding hydrogens is 371 g/mol. The number of hydrogen-bond donors (Lipinski definition) is 0. The van der Waals surface area contributed by atoms with Gasteiger partial charge in [0.15, 0.2) is 11.6 Å². The minimum Gasteiger partial charge on any atom is -0.497 e. The smallest absolute Gasteiger partial charge is 0.179 e. The zero-order valence-electron chi connectivity index (χ0n) is 16.7. The average molecular weight is 392 g/mol. The van der Waals surface area contributed by atoms with E-state index in [0.29, 0.717) is 29.3 Å². The molecule has 8 heteroatoms. The van der Waals surface area contributed by atoms with Crippen molar-refractivity contribution in [1.82, 2.24) is 25.0 Å². The Hall–Kier alpha value is -3.55. The van der Waals surface area contributed by atoms with Gasteiger partial charge in [0, 0.05) is 19.3 Å². The molecule has 0 aliphatic heterocycles. The Morgan fingerprint density at radius 1 is 1.14 bits per heavy atom. The van der Waals surface area contributed by atoms with Crippen molar-refractivity contribution in [2.75, 3.05) is 19.1 Å². The van der Waals surface area contributed by atoms with Crippen LogP contribution in [0.1, 0.15) is 17.1 Å². The van der Waals surface area contributed by atoms with Crippen LogP contribution in [0.5, 0.6) is 5.75 Å². The number of hydrogen-bond acceptors (Lipinski definition) is 6. The van der Waals surface area contributed by atoms with E-state index >= 15 is 0 Å². The highest BCUT2D eigenvalue weighted by Crippen LogP contribution is 2.30. The van der Waals surface area contributed by atoms with E-state index in [0.717, 1.165) is 22.5 Å². The van der Waals surface area contributed by atoms with Crippen LogP contribution in [0.3, 0.4) is 0 Å². The SMILES string of the molecule is COc1ccc(-n2nc3c(N(C)Cc4ccccn4)nnc(C)c3c2C)c(F)c1. The number of methoxy groups -OCH3 is 1. The molecule has 0 spiro atoms. The summed E-state index contributed by atoms with van der Waals surface area (Å²) in [7, 11) is 3.42. The van der Waals surface area contributed by atoms with Crippen molar-refractivity contribution in [3.63, 3.8) is 0 Å². The first kappa shape index (κ1) is 18.8. The maximum Gasteiger partial charge on any atom is 0.179 e. The summed E-state index contributed by atoms with van der Waals surface area (Å²) in [5, 5.41) is 14.2. The summed E-state index contributed by atoms with van der Waals surface area (Å²) in [6.45, 7) is 4.33.